The third-order valence-electron chi connectivity index (χ3n) is 6.15. The zero-order valence-electron chi connectivity index (χ0n) is 19.7. The Hall–Kier alpha value is -3.83. The Morgan fingerprint density at radius 2 is 1.63 bits per heavy atom. The third-order valence-corrected chi connectivity index (χ3v) is 6.15. The van der Waals surface area contributed by atoms with Gasteiger partial charge < -0.3 is 15.0 Å². The Balaban J connectivity index is 1.29. The number of carbonyl (C=O) groups is 1. The lowest BCUT2D eigenvalue weighted by molar-refractivity contribution is -0.138. The van der Waals surface area contributed by atoms with Gasteiger partial charge in [-0.15, -0.1) is 0 Å². The van der Waals surface area contributed by atoms with E-state index in [0.29, 0.717) is 56.4 Å². The molecule has 1 aliphatic heterocycles. The number of benzene rings is 2. The van der Waals surface area contributed by atoms with Gasteiger partial charge >= 0.3 is 18.4 Å². The van der Waals surface area contributed by atoms with Crippen LogP contribution in [0.25, 0.3) is 0 Å². The molecule has 1 fully saturated rings. The molecule has 2 amide bonds. The highest BCUT2D eigenvalue weighted by Gasteiger charge is 2.32. The number of hydrogen-bond donors (Lipinski definition) is 1. The molecule has 3 aromatic rings. The molecule has 202 valence electrons. The van der Waals surface area contributed by atoms with E-state index in [0.717, 1.165) is 23.8 Å². The number of amides is 2. The van der Waals surface area contributed by atoms with Gasteiger partial charge in [0, 0.05) is 25.4 Å². The lowest BCUT2D eigenvalue weighted by atomic mass is 9.90. The van der Waals surface area contributed by atoms with Gasteiger partial charge in [-0.25, -0.2) is 14.2 Å². The first-order valence-corrected chi connectivity index (χ1v) is 11.6. The quantitative estimate of drug-likeness (QED) is 0.340. The zero-order chi connectivity index (χ0) is 27.5. The van der Waals surface area contributed by atoms with Gasteiger partial charge in [0.1, 0.15) is 11.6 Å². The van der Waals surface area contributed by atoms with Crippen LogP contribution >= 0.6 is 0 Å². The summed E-state index contributed by atoms with van der Waals surface area (Å²) >= 11 is 0. The number of pyridine rings is 1. The Morgan fingerprint density at radius 3 is 2.24 bits per heavy atom. The van der Waals surface area contributed by atoms with Crippen molar-refractivity contribution in [2.24, 2.45) is 5.92 Å². The topological polar surface area (TPSA) is 54.5 Å². The molecule has 4 rings (SSSR count). The molecule has 5 nitrogen and oxygen atoms in total. The Bertz CT molecular complexity index is 1270. The zero-order valence-corrected chi connectivity index (χ0v) is 19.7. The van der Waals surface area contributed by atoms with Crippen molar-refractivity contribution in [1.82, 2.24) is 9.88 Å². The van der Waals surface area contributed by atoms with Gasteiger partial charge in [-0.05, 0) is 67.1 Å². The molecule has 38 heavy (non-hydrogen) atoms. The number of aromatic nitrogens is 1. The van der Waals surface area contributed by atoms with Gasteiger partial charge in [-0.3, -0.25) is 0 Å². The summed E-state index contributed by atoms with van der Waals surface area (Å²) in [5.74, 6) is -0.498. The molecule has 0 saturated carbocycles. The fraction of sp³-hybridized carbons (Fsp3) is 0.308. The van der Waals surface area contributed by atoms with E-state index in [1.165, 1.54) is 4.90 Å². The number of nitrogens with one attached hydrogen (secondary N) is 1. The summed E-state index contributed by atoms with van der Waals surface area (Å²) in [6, 6.07) is 10.5. The largest absolute Gasteiger partial charge is 0.439 e. The Morgan fingerprint density at radius 1 is 0.947 bits per heavy atom. The number of halogens is 7. The van der Waals surface area contributed by atoms with Gasteiger partial charge in [0.05, 0.1) is 16.8 Å². The van der Waals surface area contributed by atoms with E-state index in [-0.39, 0.29) is 17.5 Å². The molecule has 0 bridgehead atoms. The molecular formula is C26H22F7N3O2. The monoisotopic (exact) mass is 541 g/mol. The summed E-state index contributed by atoms with van der Waals surface area (Å²) in [6.45, 7) is 0.759. The highest BCUT2D eigenvalue weighted by molar-refractivity contribution is 5.89. The molecule has 0 aliphatic carbocycles. The summed E-state index contributed by atoms with van der Waals surface area (Å²) in [5.41, 5.74) is -1.41. The minimum Gasteiger partial charge on any atom is -0.439 e. The molecule has 2 heterocycles. The van der Waals surface area contributed by atoms with Gasteiger partial charge in [0.2, 0.25) is 5.88 Å². The highest BCUT2D eigenvalue weighted by atomic mass is 19.4. The molecule has 1 N–H and O–H groups in total. The van der Waals surface area contributed by atoms with Gasteiger partial charge in [0.25, 0.3) is 0 Å². The van der Waals surface area contributed by atoms with Crippen molar-refractivity contribution in [3.63, 3.8) is 0 Å². The first-order chi connectivity index (χ1) is 17.9. The number of anilines is 1. The first-order valence-electron chi connectivity index (χ1n) is 11.6. The number of rotatable bonds is 5. The average Bonchev–Trinajstić information content (AvgIpc) is 2.85. The summed E-state index contributed by atoms with van der Waals surface area (Å²) < 4.78 is 95.9. The molecular weight excluding hydrogens is 519 g/mol. The lowest BCUT2D eigenvalue weighted by Gasteiger charge is -2.32. The summed E-state index contributed by atoms with van der Waals surface area (Å²) in [7, 11) is 0. The van der Waals surface area contributed by atoms with Crippen molar-refractivity contribution < 1.29 is 40.3 Å². The summed E-state index contributed by atoms with van der Waals surface area (Å²) in [5, 5.41) is 2.33. The van der Waals surface area contributed by atoms with E-state index < -0.39 is 35.3 Å². The smallest absolute Gasteiger partial charge is 0.417 e. The number of piperidine rings is 1. The fourth-order valence-corrected chi connectivity index (χ4v) is 4.13. The molecule has 12 heteroatoms. The van der Waals surface area contributed by atoms with Crippen LogP contribution in [-0.2, 0) is 18.8 Å². The van der Waals surface area contributed by atoms with Crippen molar-refractivity contribution in [2.75, 3.05) is 18.4 Å². The van der Waals surface area contributed by atoms with Crippen LogP contribution in [0.1, 0.15) is 29.5 Å². The second-order valence-corrected chi connectivity index (χ2v) is 8.89. The van der Waals surface area contributed by atoms with Crippen molar-refractivity contribution in [3.05, 3.63) is 83.3 Å². The minimum atomic E-state index is -4.68. The SMILES string of the molecule is O=C(Nc1ccc(C(F)(F)F)cc1F)N1CCC(Cc2cccc(Oc3ccc(C(F)(F)F)cn3)c2)CC1. The van der Waals surface area contributed by atoms with Crippen LogP contribution in [0, 0.1) is 11.7 Å². The van der Waals surface area contributed by atoms with Gasteiger partial charge in [-0.1, -0.05) is 12.1 Å². The minimum absolute atomic E-state index is 0.0268. The van der Waals surface area contributed by atoms with Crippen molar-refractivity contribution in [1.29, 1.82) is 0 Å². The summed E-state index contributed by atoms with van der Waals surface area (Å²) in [4.78, 5) is 17.7. The molecule has 0 unspecified atom stereocenters. The van der Waals surface area contributed by atoms with Crippen LogP contribution < -0.4 is 10.1 Å². The number of nitrogens with zero attached hydrogens (tertiary/aromatic N) is 2. The maximum Gasteiger partial charge on any atom is 0.417 e. The number of carbonyl (C=O) groups excluding carboxylic acids is 1. The van der Waals surface area contributed by atoms with E-state index in [2.05, 4.69) is 10.3 Å². The first kappa shape index (κ1) is 27.2. The maximum atomic E-state index is 14.1. The number of alkyl halides is 6. The Kier molecular flexibility index (Phi) is 7.79. The van der Waals surface area contributed by atoms with Crippen LogP contribution in [0.4, 0.5) is 41.2 Å². The predicted octanol–water partition coefficient (Wildman–Crippen LogP) is 7.54. The van der Waals surface area contributed by atoms with Gasteiger partial charge in [0.15, 0.2) is 0 Å². The van der Waals surface area contributed by atoms with Crippen LogP contribution in [0.5, 0.6) is 11.6 Å². The van der Waals surface area contributed by atoms with E-state index in [1.807, 2.05) is 6.07 Å². The van der Waals surface area contributed by atoms with Crippen LogP contribution in [0.15, 0.2) is 60.8 Å². The highest BCUT2D eigenvalue weighted by Crippen LogP contribution is 2.32. The second-order valence-electron chi connectivity index (χ2n) is 8.89. The van der Waals surface area contributed by atoms with E-state index >= 15 is 0 Å². The number of ether oxygens (including phenoxy) is 1. The maximum absolute atomic E-state index is 14.1. The molecule has 1 saturated heterocycles. The molecule has 1 aliphatic rings. The van der Waals surface area contributed by atoms with Crippen molar-refractivity contribution in [2.45, 2.75) is 31.6 Å². The van der Waals surface area contributed by atoms with Crippen molar-refractivity contribution >= 4 is 11.7 Å². The number of hydrogen-bond acceptors (Lipinski definition) is 3. The molecule has 0 spiro atoms. The van der Waals surface area contributed by atoms with E-state index in [9.17, 15) is 35.5 Å². The molecule has 0 radical (unpaired) electrons. The molecule has 1 aromatic heterocycles. The summed E-state index contributed by atoms with van der Waals surface area (Å²) in [6.07, 6.45) is -6.51. The molecule has 0 atom stereocenters. The van der Waals surface area contributed by atoms with Crippen molar-refractivity contribution in [3.8, 4) is 11.6 Å². The van der Waals surface area contributed by atoms with Crippen LogP contribution in [0.2, 0.25) is 0 Å². The van der Waals surface area contributed by atoms with Gasteiger partial charge in [-0.2, -0.15) is 26.3 Å². The van der Waals surface area contributed by atoms with Crippen LogP contribution in [-0.4, -0.2) is 29.0 Å². The standard InChI is InChI=1S/C26H22F7N3O2/c27-21-14-18(25(28,29)30)4-6-22(21)35-24(37)36-10-8-16(9-11-36)12-17-2-1-3-20(13-17)38-23-7-5-19(15-34-23)26(31,32)33/h1-7,13-16H,8-12H2,(H,35,37). The number of likely N-dealkylation sites (tertiary alicyclic amines) is 1. The third kappa shape index (κ3) is 6.93. The lowest BCUT2D eigenvalue weighted by Crippen LogP contribution is -2.41. The normalized spacial score (nSPS) is 14.9. The second kappa shape index (κ2) is 10.9. The number of urea groups is 1. The predicted molar refractivity (Wildman–Crippen MR) is 124 cm³/mol. The van der Waals surface area contributed by atoms with Crippen LogP contribution in [0.3, 0.4) is 0 Å². The van der Waals surface area contributed by atoms with E-state index in [4.69, 9.17) is 4.74 Å². The molecule has 2 aromatic carbocycles. The van der Waals surface area contributed by atoms with E-state index in [1.54, 1.807) is 18.2 Å². The average molecular weight is 541 g/mol. The Labute approximate surface area is 213 Å². The fourth-order valence-electron chi connectivity index (χ4n) is 4.13.